The molecule has 6 nitrogen and oxygen atoms in total. The molecule has 1 fully saturated rings. The summed E-state index contributed by atoms with van der Waals surface area (Å²) in [7, 11) is 0. The Labute approximate surface area is 167 Å². The van der Waals surface area contributed by atoms with Crippen LogP contribution in [0.1, 0.15) is 24.6 Å². The number of nitrogens with zero attached hydrogens (tertiary/aromatic N) is 2. The van der Waals surface area contributed by atoms with Crippen LogP contribution in [0.5, 0.6) is 0 Å². The summed E-state index contributed by atoms with van der Waals surface area (Å²) >= 11 is 6.18. The van der Waals surface area contributed by atoms with E-state index in [4.69, 9.17) is 16.0 Å². The highest BCUT2D eigenvalue weighted by Crippen LogP contribution is 2.33. The number of hydrogen-bond donors (Lipinski definition) is 1. The number of amides is 3. The minimum atomic E-state index is -1.06. The number of hydrogen-bond acceptors (Lipinski definition) is 4. The molecule has 0 bridgehead atoms. The van der Waals surface area contributed by atoms with Gasteiger partial charge < -0.3 is 9.73 Å². The number of benzene rings is 2. The van der Waals surface area contributed by atoms with Crippen LogP contribution in [0.4, 0.5) is 4.79 Å². The van der Waals surface area contributed by atoms with E-state index in [9.17, 15) is 9.59 Å². The van der Waals surface area contributed by atoms with Crippen molar-refractivity contribution >= 4 is 23.5 Å². The number of carbonyl (C=O) groups excluding carboxylic acids is 2. The second-order valence-corrected chi connectivity index (χ2v) is 6.98. The van der Waals surface area contributed by atoms with Crippen molar-refractivity contribution in [2.75, 3.05) is 0 Å². The van der Waals surface area contributed by atoms with Crippen LogP contribution in [-0.2, 0) is 16.9 Å². The number of aromatic nitrogens is 1. The SMILES string of the molecule is CCC1(c2ccccc2)NC(=O)N(Cc2coc(-c3ccccc3Cl)n2)C1=O. The van der Waals surface area contributed by atoms with E-state index in [0.29, 0.717) is 28.6 Å². The summed E-state index contributed by atoms with van der Waals surface area (Å²) in [5, 5.41) is 3.37. The van der Waals surface area contributed by atoms with Gasteiger partial charge in [0.15, 0.2) is 0 Å². The van der Waals surface area contributed by atoms with E-state index in [0.717, 1.165) is 5.56 Å². The molecule has 1 saturated heterocycles. The number of rotatable bonds is 5. The van der Waals surface area contributed by atoms with Gasteiger partial charge in [0, 0.05) is 0 Å². The number of oxazole rings is 1. The molecule has 2 aromatic carbocycles. The Balaban J connectivity index is 1.60. The average molecular weight is 396 g/mol. The number of imide groups is 1. The Morgan fingerprint density at radius 1 is 1.11 bits per heavy atom. The molecule has 0 radical (unpaired) electrons. The lowest BCUT2D eigenvalue weighted by atomic mass is 9.87. The second-order valence-electron chi connectivity index (χ2n) is 6.57. The third-order valence-electron chi connectivity index (χ3n) is 4.95. The van der Waals surface area contributed by atoms with Crippen molar-refractivity contribution in [2.45, 2.75) is 25.4 Å². The summed E-state index contributed by atoms with van der Waals surface area (Å²) in [6.45, 7) is 1.90. The molecule has 3 amide bonds. The number of carbonyl (C=O) groups is 2. The zero-order valence-electron chi connectivity index (χ0n) is 15.2. The normalized spacial score (nSPS) is 19.1. The number of nitrogens with one attached hydrogen (secondary N) is 1. The van der Waals surface area contributed by atoms with E-state index in [-0.39, 0.29) is 12.5 Å². The Hall–Kier alpha value is -3.12. The first-order valence-electron chi connectivity index (χ1n) is 8.94. The third kappa shape index (κ3) is 2.96. The summed E-state index contributed by atoms with van der Waals surface area (Å²) in [5.41, 5.74) is 0.821. The van der Waals surface area contributed by atoms with Crippen molar-refractivity contribution in [1.82, 2.24) is 15.2 Å². The highest BCUT2D eigenvalue weighted by Gasteiger charge is 2.51. The Kier molecular flexibility index (Phi) is 4.65. The molecule has 7 heteroatoms. The molecule has 1 aliphatic rings. The molecule has 1 atom stereocenters. The van der Waals surface area contributed by atoms with Crippen LogP contribution >= 0.6 is 11.6 Å². The largest absolute Gasteiger partial charge is 0.444 e. The van der Waals surface area contributed by atoms with Gasteiger partial charge in [-0.2, -0.15) is 0 Å². The third-order valence-corrected chi connectivity index (χ3v) is 5.28. The maximum Gasteiger partial charge on any atom is 0.325 e. The van der Waals surface area contributed by atoms with E-state index in [1.54, 1.807) is 12.1 Å². The molecule has 0 aliphatic carbocycles. The molecule has 1 aromatic heterocycles. The van der Waals surface area contributed by atoms with Crippen LogP contribution in [0.15, 0.2) is 65.3 Å². The van der Waals surface area contributed by atoms with Crippen LogP contribution in [0.2, 0.25) is 5.02 Å². The van der Waals surface area contributed by atoms with Gasteiger partial charge >= 0.3 is 6.03 Å². The first-order valence-corrected chi connectivity index (χ1v) is 9.32. The highest BCUT2D eigenvalue weighted by atomic mass is 35.5. The van der Waals surface area contributed by atoms with Gasteiger partial charge in [-0.1, -0.05) is 61.0 Å². The molecule has 3 aromatic rings. The minimum Gasteiger partial charge on any atom is -0.444 e. The van der Waals surface area contributed by atoms with Crippen molar-refractivity contribution in [3.8, 4) is 11.5 Å². The van der Waals surface area contributed by atoms with Gasteiger partial charge in [-0.25, -0.2) is 9.78 Å². The first kappa shape index (κ1) is 18.3. The molecule has 142 valence electrons. The maximum atomic E-state index is 13.2. The predicted molar refractivity (Wildman–Crippen MR) is 104 cm³/mol. The fraction of sp³-hybridized carbons (Fsp3) is 0.190. The molecule has 1 aliphatic heterocycles. The van der Waals surface area contributed by atoms with Crippen molar-refractivity contribution < 1.29 is 14.0 Å². The standard InChI is InChI=1S/C21H18ClN3O3/c1-2-21(14-8-4-3-5-9-14)19(26)25(20(27)24-21)12-15-13-28-18(23-15)16-10-6-7-11-17(16)22/h3-11,13H,2,12H2,1H3,(H,24,27). The lowest BCUT2D eigenvalue weighted by molar-refractivity contribution is -0.132. The van der Waals surface area contributed by atoms with E-state index >= 15 is 0 Å². The van der Waals surface area contributed by atoms with Gasteiger partial charge in [-0.3, -0.25) is 9.69 Å². The fourth-order valence-electron chi connectivity index (χ4n) is 3.43. The molecule has 1 unspecified atom stereocenters. The van der Waals surface area contributed by atoms with E-state index in [2.05, 4.69) is 10.3 Å². The highest BCUT2D eigenvalue weighted by molar-refractivity contribution is 6.33. The quantitative estimate of drug-likeness (QED) is 0.651. The maximum absolute atomic E-state index is 13.2. The van der Waals surface area contributed by atoms with Crippen molar-refractivity contribution in [3.05, 3.63) is 77.1 Å². The van der Waals surface area contributed by atoms with Gasteiger partial charge in [-0.15, -0.1) is 0 Å². The van der Waals surface area contributed by atoms with Crippen molar-refractivity contribution in [3.63, 3.8) is 0 Å². The van der Waals surface area contributed by atoms with Gasteiger partial charge in [-0.05, 0) is 24.1 Å². The lowest BCUT2D eigenvalue weighted by Gasteiger charge is -2.25. The minimum absolute atomic E-state index is 0.0210. The van der Waals surface area contributed by atoms with E-state index in [1.165, 1.54) is 11.2 Å². The van der Waals surface area contributed by atoms with Crippen LogP contribution in [0, 0.1) is 0 Å². The number of urea groups is 1. The summed E-state index contributed by atoms with van der Waals surface area (Å²) in [4.78, 5) is 31.3. The predicted octanol–water partition coefficient (Wildman–Crippen LogP) is 4.35. The Bertz CT molecular complexity index is 1030. The van der Waals surface area contributed by atoms with Crippen LogP contribution in [0.25, 0.3) is 11.5 Å². The number of halogens is 1. The first-order chi connectivity index (χ1) is 13.5. The Morgan fingerprint density at radius 2 is 1.82 bits per heavy atom. The van der Waals surface area contributed by atoms with E-state index in [1.807, 2.05) is 49.4 Å². The summed E-state index contributed by atoms with van der Waals surface area (Å²) in [6, 6.07) is 16.0. The van der Waals surface area contributed by atoms with Gasteiger partial charge in [0.2, 0.25) is 5.89 Å². The zero-order valence-corrected chi connectivity index (χ0v) is 15.9. The van der Waals surface area contributed by atoms with E-state index < -0.39 is 11.6 Å². The smallest absolute Gasteiger partial charge is 0.325 e. The molecule has 0 saturated carbocycles. The molecule has 28 heavy (non-hydrogen) atoms. The Morgan fingerprint density at radius 3 is 2.54 bits per heavy atom. The van der Waals surface area contributed by atoms with Gasteiger partial charge in [0.25, 0.3) is 5.91 Å². The van der Waals surface area contributed by atoms with Gasteiger partial charge in [0.1, 0.15) is 11.8 Å². The molecule has 1 N–H and O–H groups in total. The summed E-state index contributed by atoms with van der Waals surface area (Å²) < 4.78 is 5.51. The van der Waals surface area contributed by atoms with Crippen molar-refractivity contribution in [2.24, 2.45) is 0 Å². The summed E-state index contributed by atoms with van der Waals surface area (Å²) in [5.74, 6) is 0.0472. The molecule has 0 spiro atoms. The molecular formula is C21H18ClN3O3. The van der Waals surface area contributed by atoms with Crippen molar-refractivity contribution in [1.29, 1.82) is 0 Å². The molecule has 4 rings (SSSR count). The average Bonchev–Trinajstić information content (AvgIpc) is 3.28. The lowest BCUT2D eigenvalue weighted by Crippen LogP contribution is -2.43. The topological polar surface area (TPSA) is 75.4 Å². The zero-order chi connectivity index (χ0) is 19.7. The van der Waals surface area contributed by atoms with Crippen LogP contribution in [0.3, 0.4) is 0 Å². The van der Waals surface area contributed by atoms with Gasteiger partial charge in [0.05, 0.1) is 22.8 Å². The van der Waals surface area contributed by atoms with Crippen LogP contribution in [-0.4, -0.2) is 21.8 Å². The monoisotopic (exact) mass is 395 g/mol. The molecular weight excluding hydrogens is 378 g/mol. The fourth-order valence-corrected chi connectivity index (χ4v) is 3.65. The second kappa shape index (κ2) is 7.13. The molecule has 2 heterocycles. The van der Waals surface area contributed by atoms with Crippen LogP contribution < -0.4 is 5.32 Å². The summed E-state index contributed by atoms with van der Waals surface area (Å²) in [6.07, 6.45) is 1.88.